The van der Waals surface area contributed by atoms with Crippen molar-refractivity contribution in [3.05, 3.63) is 99.0 Å². The number of H-pyrrole nitrogens is 1. The van der Waals surface area contributed by atoms with Crippen LogP contribution in [0.5, 0.6) is 5.75 Å². The van der Waals surface area contributed by atoms with E-state index < -0.39 is 34.9 Å². The van der Waals surface area contributed by atoms with Crippen molar-refractivity contribution in [3.8, 4) is 5.75 Å². The first-order valence-corrected chi connectivity index (χ1v) is 9.01. The number of carbonyl (C=O) groups excluding carboxylic acids is 1. The highest BCUT2D eigenvalue weighted by Crippen LogP contribution is 2.31. The highest BCUT2D eigenvalue weighted by Gasteiger charge is 2.32. The third-order valence-electron chi connectivity index (χ3n) is 4.56. The van der Waals surface area contributed by atoms with Gasteiger partial charge < -0.3 is 15.0 Å². The molecule has 0 aliphatic carbocycles. The molecule has 3 aromatic rings. The number of ether oxygens (including phenoxy) is 1. The molecule has 0 aliphatic rings. The summed E-state index contributed by atoms with van der Waals surface area (Å²) in [7, 11) is 1.49. The third-order valence-corrected chi connectivity index (χ3v) is 4.56. The molecule has 8 heteroatoms. The summed E-state index contributed by atoms with van der Waals surface area (Å²) in [6, 6.07) is 15.3. The average molecular weight is 416 g/mol. The fourth-order valence-electron chi connectivity index (χ4n) is 3.12. The zero-order valence-electron chi connectivity index (χ0n) is 16.2. The monoisotopic (exact) mass is 416 g/mol. The molecule has 1 unspecified atom stereocenters. The maximum atomic E-state index is 12.8. The van der Waals surface area contributed by atoms with Crippen LogP contribution >= 0.6 is 0 Å². The van der Waals surface area contributed by atoms with Crippen molar-refractivity contribution in [1.82, 2.24) is 10.3 Å². The van der Waals surface area contributed by atoms with Gasteiger partial charge in [-0.3, -0.25) is 9.59 Å². The number of hydrogen-bond acceptors (Lipinski definition) is 3. The Bertz CT molecular complexity index is 1120. The van der Waals surface area contributed by atoms with Crippen molar-refractivity contribution in [3.63, 3.8) is 0 Å². The van der Waals surface area contributed by atoms with Gasteiger partial charge in [0.25, 0.3) is 11.5 Å². The Hall–Kier alpha value is -3.55. The van der Waals surface area contributed by atoms with Gasteiger partial charge in [0.1, 0.15) is 17.0 Å². The molecule has 0 radical (unpaired) electrons. The molecule has 0 saturated heterocycles. The van der Waals surface area contributed by atoms with Crippen LogP contribution in [0, 0.1) is 6.92 Å². The van der Waals surface area contributed by atoms with Gasteiger partial charge in [0, 0.05) is 5.56 Å². The molecule has 0 aliphatic heterocycles. The fourth-order valence-corrected chi connectivity index (χ4v) is 3.12. The molecule has 5 nitrogen and oxygen atoms in total. The van der Waals surface area contributed by atoms with E-state index in [4.69, 9.17) is 4.74 Å². The Kier molecular flexibility index (Phi) is 5.96. The third kappa shape index (κ3) is 4.53. The molecule has 0 fully saturated rings. The summed E-state index contributed by atoms with van der Waals surface area (Å²) in [5.41, 5.74) is -0.433. The van der Waals surface area contributed by atoms with E-state index in [0.717, 1.165) is 17.2 Å². The van der Waals surface area contributed by atoms with Gasteiger partial charge in [-0.1, -0.05) is 48.0 Å². The van der Waals surface area contributed by atoms with Gasteiger partial charge in [-0.15, -0.1) is 0 Å². The molecule has 0 saturated carbocycles. The molecular formula is C22H19F3N2O3. The Morgan fingerprint density at radius 3 is 2.43 bits per heavy atom. The maximum Gasteiger partial charge on any atom is 0.431 e. The van der Waals surface area contributed by atoms with Crippen molar-refractivity contribution in [2.45, 2.75) is 19.1 Å². The second-order valence-electron chi connectivity index (χ2n) is 6.68. The molecule has 30 heavy (non-hydrogen) atoms. The van der Waals surface area contributed by atoms with Crippen LogP contribution in [0.4, 0.5) is 13.2 Å². The number of pyridine rings is 1. The van der Waals surface area contributed by atoms with Gasteiger partial charge in [-0.25, -0.2) is 0 Å². The van der Waals surface area contributed by atoms with E-state index in [0.29, 0.717) is 17.4 Å². The fraction of sp³-hybridized carbons (Fsp3) is 0.182. The number of halogens is 3. The first-order valence-electron chi connectivity index (χ1n) is 9.01. The van der Waals surface area contributed by atoms with E-state index in [1.54, 1.807) is 35.3 Å². The van der Waals surface area contributed by atoms with Gasteiger partial charge in [0.2, 0.25) is 0 Å². The number of alkyl halides is 3. The van der Waals surface area contributed by atoms with Crippen molar-refractivity contribution in [2.24, 2.45) is 0 Å². The molecule has 1 aromatic heterocycles. The molecule has 0 bridgehead atoms. The number of nitrogens with one attached hydrogen (secondary N) is 2. The zero-order chi connectivity index (χ0) is 21.9. The average Bonchev–Trinajstić information content (AvgIpc) is 2.71. The summed E-state index contributed by atoms with van der Waals surface area (Å²) >= 11 is 0. The van der Waals surface area contributed by atoms with E-state index in [2.05, 4.69) is 5.32 Å². The van der Waals surface area contributed by atoms with Gasteiger partial charge >= 0.3 is 6.18 Å². The highest BCUT2D eigenvalue weighted by molar-refractivity contribution is 5.94. The number of aryl methyl sites for hydroxylation is 1. The number of methoxy groups -OCH3 is 1. The molecule has 3 rings (SSSR count). The van der Waals surface area contributed by atoms with Gasteiger partial charge in [-0.2, -0.15) is 13.2 Å². The Morgan fingerprint density at radius 1 is 1.07 bits per heavy atom. The van der Waals surface area contributed by atoms with E-state index >= 15 is 0 Å². The summed E-state index contributed by atoms with van der Waals surface area (Å²) in [6.45, 7) is 1.89. The molecule has 1 heterocycles. The lowest BCUT2D eigenvalue weighted by Crippen LogP contribution is -2.34. The van der Waals surface area contributed by atoms with Crippen LogP contribution in [0.2, 0.25) is 0 Å². The van der Waals surface area contributed by atoms with Crippen LogP contribution in [0.3, 0.4) is 0 Å². The van der Waals surface area contributed by atoms with Crippen molar-refractivity contribution < 1.29 is 22.7 Å². The second-order valence-corrected chi connectivity index (χ2v) is 6.68. The van der Waals surface area contributed by atoms with Crippen LogP contribution in [-0.4, -0.2) is 18.0 Å². The van der Waals surface area contributed by atoms with Crippen LogP contribution in [-0.2, 0) is 6.18 Å². The topological polar surface area (TPSA) is 71.2 Å². The zero-order valence-corrected chi connectivity index (χ0v) is 16.2. The summed E-state index contributed by atoms with van der Waals surface area (Å²) in [4.78, 5) is 26.6. The minimum Gasteiger partial charge on any atom is -0.496 e. The molecule has 2 N–H and O–H groups in total. The lowest BCUT2D eigenvalue weighted by atomic mass is 9.96. The number of para-hydroxylation sites is 1. The Balaban J connectivity index is 2.02. The number of amides is 1. The number of benzene rings is 2. The first kappa shape index (κ1) is 21.2. The molecule has 0 spiro atoms. The summed E-state index contributed by atoms with van der Waals surface area (Å²) in [6.07, 6.45) is -4.71. The molecule has 2 aromatic carbocycles. The van der Waals surface area contributed by atoms with E-state index in [1.165, 1.54) is 7.11 Å². The normalized spacial score (nSPS) is 12.3. The number of aromatic amines is 1. The predicted octanol–water partition coefficient (Wildman–Crippen LogP) is 4.23. The number of hydrogen-bond donors (Lipinski definition) is 2. The smallest absolute Gasteiger partial charge is 0.431 e. The van der Waals surface area contributed by atoms with Crippen LogP contribution in [0.1, 0.15) is 38.8 Å². The standard InChI is InChI=1S/C22H19F3N2O3/c1-13-6-5-7-14(12-13)19(15-8-3-4-9-17(15)30-2)27-21(29)16-10-11-18(22(23,24)25)26-20(16)28/h3-12,19H,1-2H3,(H,26,28)(H,27,29). The number of carbonyl (C=O) groups is 1. The molecule has 156 valence electrons. The van der Waals surface area contributed by atoms with E-state index in [1.807, 2.05) is 25.1 Å². The summed E-state index contributed by atoms with van der Waals surface area (Å²) in [5, 5.41) is 2.75. The lowest BCUT2D eigenvalue weighted by molar-refractivity contribution is -0.141. The van der Waals surface area contributed by atoms with Gasteiger partial charge in [0.15, 0.2) is 0 Å². The molecule has 1 atom stereocenters. The Morgan fingerprint density at radius 2 is 1.80 bits per heavy atom. The van der Waals surface area contributed by atoms with Crippen LogP contribution in [0.25, 0.3) is 0 Å². The largest absolute Gasteiger partial charge is 0.496 e. The molecule has 1 amide bonds. The van der Waals surface area contributed by atoms with E-state index in [9.17, 15) is 22.8 Å². The summed E-state index contributed by atoms with van der Waals surface area (Å²) < 4.78 is 43.8. The second kappa shape index (κ2) is 8.44. The van der Waals surface area contributed by atoms with Gasteiger partial charge in [-0.05, 0) is 30.7 Å². The highest BCUT2D eigenvalue weighted by atomic mass is 19.4. The predicted molar refractivity (Wildman–Crippen MR) is 106 cm³/mol. The quantitative estimate of drug-likeness (QED) is 0.654. The van der Waals surface area contributed by atoms with Crippen molar-refractivity contribution in [2.75, 3.05) is 7.11 Å². The Labute approximate surface area is 170 Å². The minimum absolute atomic E-state index is 0.421. The van der Waals surface area contributed by atoms with Crippen LogP contribution in [0.15, 0.2) is 65.5 Å². The van der Waals surface area contributed by atoms with E-state index in [-0.39, 0.29) is 0 Å². The van der Waals surface area contributed by atoms with Crippen molar-refractivity contribution >= 4 is 5.91 Å². The van der Waals surface area contributed by atoms with Crippen LogP contribution < -0.4 is 15.6 Å². The minimum atomic E-state index is -4.71. The van der Waals surface area contributed by atoms with Gasteiger partial charge in [0.05, 0.1) is 13.2 Å². The SMILES string of the molecule is COc1ccccc1C(NC(=O)c1ccc(C(F)(F)F)[nH]c1=O)c1cccc(C)c1. The number of aromatic nitrogens is 1. The molecular weight excluding hydrogens is 397 g/mol. The maximum absolute atomic E-state index is 12.8. The first-order chi connectivity index (χ1) is 14.2. The number of rotatable bonds is 5. The summed E-state index contributed by atoms with van der Waals surface area (Å²) in [5.74, 6) is -0.284. The lowest BCUT2D eigenvalue weighted by Gasteiger charge is -2.22. The van der Waals surface area contributed by atoms with Crippen molar-refractivity contribution in [1.29, 1.82) is 0 Å².